The van der Waals surface area contributed by atoms with Crippen LogP contribution in [-0.2, 0) is 24.5 Å². The maximum absolute atomic E-state index is 15.7. The number of aromatic nitrogens is 4. The molecule has 11 heteroatoms. The largest absolute Gasteiger partial charge is 0.395 e. The van der Waals surface area contributed by atoms with Gasteiger partial charge in [0.15, 0.2) is 11.0 Å². The summed E-state index contributed by atoms with van der Waals surface area (Å²) in [5.41, 5.74) is 1.91. The van der Waals surface area contributed by atoms with Gasteiger partial charge >= 0.3 is 5.69 Å². The predicted octanol–water partition coefficient (Wildman–Crippen LogP) is 5.17. The molecule has 1 amide bonds. The number of hydrogen-bond donors (Lipinski definition) is 2. The highest BCUT2D eigenvalue weighted by molar-refractivity contribution is 6.32. The lowest BCUT2D eigenvalue weighted by Crippen LogP contribution is -2.26. The molecule has 2 aromatic heterocycles. The number of pyridine rings is 1. The van der Waals surface area contributed by atoms with Gasteiger partial charge in [-0.05, 0) is 55.7 Å². The van der Waals surface area contributed by atoms with Gasteiger partial charge in [0.2, 0.25) is 0 Å². The number of aliphatic hydroxyl groups is 1. The van der Waals surface area contributed by atoms with E-state index < -0.39 is 29.9 Å². The van der Waals surface area contributed by atoms with E-state index in [1.165, 1.54) is 16.8 Å². The normalized spacial score (nSPS) is 11.9. The van der Waals surface area contributed by atoms with Crippen LogP contribution in [0.2, 0.25) is 5.15 Å². The van der Waals surface area contributed by atoms with Gasteiger partial charge in [-0.2, -0.15) is 4.68 Å². The monoisotopic (exact) mass is 579 g/mol. The molecule has 0 aliphatic heterocycles. The van der Waals surface area contributed by atoms with Crippen molar-refractivity contribution in [3.63, 3.8) is 0 Å². The third kappa shape index (κ3) is 6.45. The summed E-state index contributed by atoms with van der Waals surface area (Å²) in [5, 5.41) is 17.3. The van der Waals surface area contributed by atoms with Gasteiger partial charge in [0.25, 0.3) is 5.91 Å². The summed E-state index contributed by atoms with van der Waals surface area (Å²) >= 11 is 6.18. The van der Waals surface area contributed by atoms with Crippen LogP contribution in [0.1, 0.15) is 52.6 Å². The Morgan fingerprint density at radius 1 is 1.22 bits per heavy atom. The first kappa shape index (κ1) is 29.9. The predicted molar refractivity (Wildman–Crippen MR) is 155 cm³/mol. The van der Waals surface area contributed by atoms with Crippen molar-refractivity contribution in [3.05, 3.63) is 116 Å². The number of benzene rings is 2. The molecule has 0 saturated carbocycles. The molecule has 41 heavy (non-hydrogen) atoms. The lowest BCUT2D eigenvalue weighted by atomic mass is 9.89. The van der Waals surface area contributed by atoms with E-state index in [1.807, 2.05) is 30.3 Å². The number of hydrogen-bond acceptors (Lipinski definition) is 6. The van der Waals surface area contributed by atoms with E-state index in [2.05, 4.69) is 22.0 Å². The van der Waals surface area contributed by atoms with Gasteiger partial charge in [-0.3, -0.25) is 9.36 Å². The minimum atomic E-state index is -0.856. The molecule has 0 fully saturated rings. The number of carbonyl (C=O) groups excluding carboxylic acids is 1. The molecule has 2 aromatic carbocycles. The average molecular weight is 580 g/mol. The van der Waals surface area contributed by atoms with Gasteiger partial charge in [0.1, 0.15) is 18.1 Å². The number of nitrogens with one attached hydrogen (secondary N) is 1. The summed E-state index contributed by atoms with van der Waals surface area (Å²) < 4.78 is 23.8. The molecule has 9 nitrogen and oxygen atoms in total. The van der Waals surface area contributed by atoms with Gasteiger partial charge in [-0.1, -0.05) is 54.1 Å². The number of nitrogens with zero attached hydrogens (tertiary/aromatic N) is 4. The molecule has 2 N–H and O–H groups in total. The van der Waals surface area contributed by atoms with Crippen LogP contribution in [0.15, 0.2) is 71.7 Å². The van der Waals surface area contributed by atoms with Crippen LogP contribution >= 0.6 is 11.6 Å². The number of anilines is 1. The van der Waals surface area contributed by atoms with Crippen molar-refractivity contribution >= 4 is 23.2 Å². The minimum absolute atomic E-state index is 0.0240. The Labute approximate surface area is 241 Å². The van der Waals surface area contributed by atoms with Crippen molar-refractivity contribution < 1.29 is 19.0 Å². The zero-order valence-corrected chi connectivity index (χ0v) is 23.8. The molecule has 1 atom stereocenters. The number of aryl methyl sites for hydroxylation is 1. The first-order chi connectivity index (χ1) is 19.7. The number of ether oxygens (including phenoxy) is 1. The Morgan fingerprint density at radius 2 is 1.95 bits per heavy atom. The highest BCUT2D eigenvalue weighted by Crippen LogP contribution is 2.31. The van der Waals surface area contributed by atoms with E-state index in [-0.39, 0.29) is 40.8 Å². The SMILES string of the molecule is C=C(C)C(CO)c1cc(-n2nc(COCc3ccccc3)n(CC)c2=O)c(F)cc1C(=O)Nc1c(C)ccnc1Cl. The van der Waals surface area contributed by atoms with E-state index in [9.17, 15) is 14.7 Å². The van der Waals surface area contributed by atoms with E-state index in [4.69, 9.17) is 16.3 Å². The molecule has 4 rings (SSSR count). The first-order valence-electron chi connectivity index (χ1n) is 13.0. The van der Waals surface area contributed by atoms with E-state index in [0.29, 0.717) is 23.6 Å². The Bertz CT molecular complexity index is 1610. The molecule has 0 spiro atoms. The summed E-state index contributed by atoms with van der Waals surface area (Å²) in [6.45, 7) is 9.36. The highest BCUT2D eigenvalue weighted by Gasteiger charge is 2.26. The van der Waals surface area contributed by atoms with Gasteiger partial charge in [-0.25, -0.2) is 14.2 Å². The van der Waals surface area contributed by atoms with Crippen molar-refractivity contribution in [3.8, 4) is 5.69 Å². The number of halogens is 2. The maximum Gasteiger partial charge on any atom is 0.350 e. The van der Waals surface area contributed by atoms with Crippen molar-refractivity contribution in [1.29, 1.82) is 0 Å². The molecule has 0 aliphatic rings. The van der Waals surface area contributed by atoms with Crippen molar-refractivity contribution in [2.24, 2.45) is 0 Å². The van der Waals surface area contributed by atoms with Crippen LogP contribution in [0.25, 0.3) is 5.69 Å². The Balaban J connectivity index is 1.75. The van der Waals surface area contributed by atoms with Crippen LogP contribution < -0.4 is 11.0 Å². The highest BCUT2D eigenvalue weighted by atomic mass is 35.5. The third-order valence-corrected chi connectivity index (χ3v) is 6.98. The lowest BCUT2D eigenvalue weighted by molar-refractivity contribution is 0.0989. The average Bonchev–Trinajstić information content (AvgIpc) is 3.26. The van der Waals surface area contributed by atoms with E-state index in [0.717, 1.165) is 16.3 Å². The van der Waals surface area contributed by atoms with Gasteiger partial charge in [-0.15, -0.1) is 5.10 Å². The standard InChI is InChI=1S/C30H31ClFN5O4/c1-5-36-26(17-41-16-20-9-7-6-8-10-20)35-37(30(36)40)25-14-21(23(15-38)18(2)3)22(13-24(25)32)29(39)34-27-19(4)11-12-33-28(27)31/h6-14,23,38H,2,5,15-17H2,1,3-4H3,(H,34,39). The third-order valence-electron chi connectivity index (χ3n) is 6.69. The molecule has 0 bridgehead atoms. The molecular formula is C30H31ClFN5O4. The van der Waals surface area contributed by atoms with Crippen molar-refractivity contribution in [2.75, 3.05) is 11.9 Å². The van der Waals surface area contributed by atoms with Crippen LogP contribution in [0.4, 0.5) is 10.1 Å². The molecule has 4 aromatic rings. The number of rotatable bonds is 11. The van der Waals surface area contributed by atoms with Crippen molar-refractivity contribution in [2.45, 2.75) is 46.4 Å². The van der Waals surface area contributed by atoms with Crippen LogP contribution in [-0.4, -0.2) is 37.0 Å². The number of carbonyl (C=O) groups is 1. The van der Waals surface area contributed by atoms with Crippen LogP contribution in [0.3, 0.4) is 0 Å². The minimum Gasteiger partial charge on any atom is -0.395 e. The molecule has 0 aliphatic carbocycles. The molecular weight excluding hydrogens is 549 g/mol. The van der Waals surface area contributed by atoms with Gasteiger partial charge < -0.3 is 15.2 Å². The second-order valence-electron chi connectivity index (χ2n) is 9.55. The molecule has 0 radical (unpaired) electrons. The number of aliphatic hydroxyl groups excluding tert-OH is 1. The fraction of sp³-hybridized carbons (Fsp3) is 0.267. The second kappa shape index (κ2) is 13.0. The topological polar surface area (TPSA) is 111 Å². The van der Waals surface area contributed by atoms with Gasteiger partial charge in [0.05, 0.1) is 18.9 Å². The van der Waals surface area contributed by atoms with Crippen molar-refractivity contribution in [1.82, 2.24) is 19.3 Å². The summed E-state index contributed by atoms with van der Waals surface area (Å²) in [5.74, 6) is -1.93. The van der Waals surface area contributed by atoms with E-state index in [1.54, 1.807) is 26.8 Å². The van der Waals surface area contributed by atoms with E-state index >= 15 is 4.39 Å². The fourth-order valence-electron chi connectivity index (χ4n) is 4.45. The molecule has 214 valence electrons. The Hall–Kier alpha value is -4.12. The Morgan fingerprint density at radius 3 is 2.59 bits per heavy atom. The summed E-state index contributed by atoms with van der Waals surface area (Å²) in [6, 6.07) is 13.6. The molecule has 2 heterocycles. The smallest absolute Gasteiger partial charge is 0.350 e. The molecule has 1 unspecified atom stereocenters. The first-order valence-corrected chi connectivity index (χ1v) is 13.4. The molecule has 0 saturated heterocycles. The number of amides is 1. The Kier molecular flexibility index (Phi) is 9.49. The summed E-state index contributed by atoms with van der Waals surface area (Å²) in [6.07, 6.45) is 1.50. The van der Waals surface area contributed by atoms with Crippen LogP contribution in [0.5, 0.6) is 0 Å². The summed E-state index contributed by atoms with van der Waals surface area (Å²) in [4.78, 5) is 30.7. The zero-order chi connectivity index (χ0) is 29.7. The zero-order valence-electron chi connectivity index (χ0n) is 23.0. The summed E-state index contributed by atoms with van der Waals surface area (Å²) in [7, 11) is 0. The quantitative estimate of drug-likeness (QED) is 0.187. The fourth-order valence-corrected chi connectivity index (χ4v) is 4.71. The second-order valence-corrected chi connectivity index (χ2v) is 9.91. The van der Waals surface area contributed by atoms with Gasteiger partial charge in [0, 0.05) is 24.2 Å². The van der Waals surface area contributed by atoms with Crippen LogP contribution in [0, 0.1) is 12.7 Å². The lowest BCUT2D eigenvalue weighted by Gasteiger charge is -2.20. The maximum atomic E-state index is 15.7.